The van der Waals surface area contributed by atoms with Crippen LogP contribution in [0.1, 0.15) is 48.4 Å². The highest BCUT2D eigenvalue weighted by Gasteiger charge is 2.37. The van der Waals surface area contributed by atoms with Gasteiger partial charge in [0, 0.05) is 18.4 Å². The second-order valence-electron chi connectivity index (χ2n) is 7.87. The minimum atomic E-state index is -4.55. The predicted molar refractivity (Wildman–Crippen MR) is 108 cm³/mol. The summed E-state index contributed by atoms with van der Waals surface area (Å²) in [4.78, 5) is 14.8. The van der Waals surface area contributed by atoms with Crippen LogP contribution in [-0.2, 0) is 6.18 Å². The van der Waals surface area contributed by atoms with E-state index in [0.717, 1.165) is 11.8 Å². The molecule has 1 aromatic carbocycles. The molecule has 0 bridgehead atoms. The van der Waals surface area contributed by atoms with Gasteiger partial charge in [-0.25, -0.2) is 0 Å². The summed E-state index contributed by atoms with van der Waals surface area (Å²) in [5.74, 6) is -0.0160. The van der Waals surface area contributed by atoms with E-state index in [1.54, 1.807) is 10.9 Å². The van der Waals surface area contributed by atoms with Crippen LogP contribution in [0.15, 0.2) is 30.6 Å². The van der Waals surface area contributed by atoms with Crippen LogP contribution in [0.5, 0.6) is 0 Å². The standard InChI is InChI=1S/C20H21ClF3N5O/c1-10(2)18-25-8-16(27-18)13-7-26-29-11(3)9-28(19(30)17(13)29)12-4-5-14(15(21)6-12)20(22,23)24/h4-8,10-11,18,25,27H,9H2,1-3H3. The summed E-state index contributed by atoms with van der Waals surface area (Å²) in [5, 5.41) is 10.5. The topological polar surface area (TPSA) is 62.2 Å². The second-order valence-corrected chi connectivity index (χ2v) is 8.28. The molecule has 0 radical (unpaired) electrons. The Bertz CT molecular complexity index is 1030. The number of carbonyl (C=O) groups excluding carboxylic acids is 1. The molecule has 2 aliphatic rings. The molecule has 3 heterocycles. The smallest absolute Gasteiger partial charge is 0.369 e. The normalized spacial score (nSPS) is 21.4. The highest BCUT2D eigenvalue weighted by molar-refractivity contribution is 6.31. The van der Waals surface area contributed by atoms with Gasteiger partial charge in [-0.2, -0.15) is 18.3 Å². The molecule has 1 aromatic heterocycles. The molecular formula is C20H21ClF3N5O. The fraction of sp³-hybridized carbons (Fsp3) is 0.400. The van der Waals surface area contributed by atoms with Crippen LogP contribution in [0, 0.1) is 5.92 Å². The molecule has 0 fully saturated rings. The fourth-order valence-corrected chi connectivity index (χ4v) is 4.00. The number of fused-ring (bicyclic) bond motifs is 1. The number of aromatic nitrogens is 2. The third-order valence-corrected chi connectivity index (χ3v) is 5.67. The van der Waals surface area contributed by atoms with Gasteiger partial charge in [-0.05, 0) is 31.0 Å². The number of benzene rings is 1. The van der Waals surface area contributed by atoms with Gasteiger partial charge >= 0.3 is 6.18 Å². The average molecular weight is 440 g/mol. The third-order valence-electron chi connectivity index (χ3n) is 5.35. The van der Waals surface area contributed by atoms with Crippen molar-refractivity contribution in [2.45, 2.75) is 39.2 Å². The summed E-state index contributed by atoms with van der Waals surface area (Å²) in [6, 6.07) is 3.20. The van der Waals surface area contributed by atoms with Crippen LogP contribution in [0.3, 0.4) is 0 Å². The Kier molecular flexibility index (Phi) is 4.96. The van der Waals surface area contributed by atoms with Gasteiger partial charge in [0.05, 0.1) is 40.3 Å². The van der Waals surface area contributed by atoms with E-state index >= 15 is 0 Å². The third kappa shape index (κ3) is 3.40. The van der Waals surface area contributed by atoms with Crippen LogP contribution in [0.4, 0.5) is 18.9 Å². The van der Waals surface area contributed by atoms with Crippen molar-refractivity contribution in [3.63, 3.8) is 0 Å². The van der Waals surface area contributed by atoms with E-state index in [0.29, 0.717) is 22.9 Å². The van der Waals surface area contributed by atoms with Crippen LogP contribution in [0.25, 0.3) is 5.70 Å². The number of hydrogen-bond acceptors (Lipinski definition) is 4. The van der Waals surface area contributed by atoms with E-state index in [2.05, 4.69) is 29.6 Å². The summed E-state index contributed by atoms with van der Waals surface area (Å²) < 4.78 is 40.8. The lowest BCUT2D eigenvalue weighted by atomic mass is 10.1. The molecule has 0 saturated carbocycles. The van der Waals surface area contributed by atoms with Crippen molar-refractivity contribution >= 4 is 28.9 Å². The van der Waals surface area contributed by atoms with Crippen molar-refractivity contribution in [3.05, 3.63) is 52.4 Å². The van der Waals surface area contributed by atoms with Gasteiger partial charge in [0.25, 0.3) is 5.91 Å². The Morgan fingerprint density at radius 1 is 1.30 bits per heavy atom. The first-order valence-corrected chi connectivity index (χ1v) is 9.95. The van der Waals surface area contributed by atoms with E-state index in [1.165, 1.54) is 17.0 Å². The number of nitrogens with one attached hydrogen (secondary N) is 2. The van der Waals surface area contributed by atoms with Crippen molar-refractivity contribution in [3.8, 4) is 0 Å². The predicted octanol–water partition coefficient (Wildman–Crippen LogP) is 4.25. The summed E-state index contributed by atoms with van der Waals surface area (Å²) in [6.07, 6.45) is -1.07. The number of nitrogens with zero attached hydrogens (tertiary/aromatic N) is 3. The molecule has 10 heteroatoms. The van der Waals surface area contributed by atoms with Crippen molar-refractivity contribution in [1.29, 1.82) is 0 Å². The molecule has 2 aliphatic heterocycles. The first-order valence-electron chi connectivity index (χ1n) is 9.57. The van der Waals surface area contributed by atoms with Gasteiger partial charge in [0.15, 0.2) is 0 Å². The first-order chi connectivity index (χ1) is 14.1. The SMILES string of the molecule is CC(C)C1NC=C(c2cnn3c2C(=O)N(c2ccc(C(F)(F)F)c(Cl)c2)CC3C)N1. The van der Waals surface area contributed by atoms with Crippen molar-refractivity contribution in [2.24, 2.45) is 5.92 Å². The average Bonchev–Trinajstić information content (AvgIpc) is 3.30. The van der Waals surface area contributed by atoms with Gasteiger partial charge in [0.2, 0.25) is 0 Å². The molecular weight excluding hydrogens is 419 g/mol. The molecule has 30 heavy (non-hydrogen) atoms. The second kappa shape index (κ2) is 7.23. The monoisotopic (exact) mass is 439 g/mol. The molecule has 160 valence electrons. The maximum absolute atomic E-state index is 13.3. The molecule has 0 saturated heterocycles. The maximum Gasteiger partial charge on any atom is 0.417 e. The first kappa shape index (κ1) is 20.6. The Hall–Kier alpha value is -2.68. The molecule has 6 nitrogen and oxygen atoms in total. The Labute approximate surface area is 176 Å². The zero-order valence-corrected chi connectivity index (χ0v) is 17.3. The van der Waals surface area contributed by atoms with Gasteiger partial charge in [-0.1, -0.05) is 25.4 Å². The van der Waals surface area contributed by atoms with Crippen LogP contribution in [0.2, 0.25) is 5.02 Å². The van der Waals surface area contributed by atoms with Gasteiger partial charge in [-0.15, -0.1) is 0 Å². The van der Waals surface area contributed by atoms with E-state index in [9.17, 15) is 18.0 Å². The van der Waals surface area contributed by atoms with Crippen LogP contribution in [-0.4, -0.2) is 28.4 Å². The minimum absolute atomic E-state index is 0.0384. The molecule has 2 atom stereocenters. The number of alkyl halides is 3. The van der Waals surface area contributed by atoms with Gasteiger partial charge in [0.1, 0.15) is 5.69 Å². The summed E-state index contributed by atoms with van der Waals surface area (Å²) >= 11 is 5.87. The highest BCUT2D eigenvalue weighted by atomic mass is 35.5. The van der Waals surface area contributed by atoms with E-state index in [1.807, 2.05) is 13.1 Å². The zero-order valence-electron chi connectivity index (χ0n) is 16.6. The van der Waals surface area contributed by atoms with Gasteiger partial charge < -0.3 is 15.5 Å². The Morgan fingerprint density at radius 2 is 2.03 bits per heavy atom. The van der Waals surface area contributed by atoms with Crippen LogP contribution >= 0.6 is 11.6 Å². The molecule has 1 amide bonds. The van der Waals surface area contributed by atoms with Crippen LogP contribution < -0.4 is 15.5 Å². The fourth-order valence-electron chi connectivity index (χ4n) is 3.72. The largest absolute Gasteiger partial charge is 0.417 e. The number of amides is 1. The summed E-state index contributed by atoms with van der Waals surface area (Å²) in [7, 11) is 0. The lowest BCUT2D eigenvalue weighted by molar-refractivity contribution is -0.137. The van der Waals surface area contributed by atoms with Crippen molar-refractivity contribution in [2.75, 3.05) is 11.4 Å². The molecule has 2 unspecified atom stereocenters. The van der Waals surface area contributed by atoms with Crippen molar-refractivity contribution in [1.82, 2.24) is 20.4 Å². The number of halogens is 4. The van der Waals surface area contributed by atoms with E-state index in [-0.39, 0.29) is 24.7 Å². The number of rotatable bonds is 3. The van der Waals surface area contributed by atoms with Crippen molar-refractivity contribution < 1.29 is 18.0 Å². The Balaban J connectivity index is 1.69. The lowest BCUT2D eigenvalue weighted by Crippen LogP contribution is -2.43. The van der Waals surface area contributed by atoms with E-state index < -0.39 is 16.8 Å². The molecule has 4 rings (SSSR count). The number of anilines is 1. The molecule has 2 aromatic rings. The molecule has 0 aliphatic carbocycles. The zero-order chi connectivity index (χ0) is 21.8. The summed E-state index contributed by atoms with van der Waals surface area (Å²) in [5.41, 5.74) is 1.17. The maximum atomic E-state index is 13.3. The number of carbonyl (C=O) groups is 1. The quantitative estimate of drug-likeness (QED) is 0.750. The summed E-state index contributed by atoms with van der Waals surface area (Å²) in [6.45, 7) is 6.31. The van der Waals surface area contributed by atoms with Gasteiger partial charge in [-0.3, -0.25) is 9.48 Å². The molecule has 2 N–H and O–H groups in total. The van der Waals surface area contributed by atoms with E-state index in [4.69, 9.17) is 11.6 Å². The number of hydrogen-bond donors (Lipinski definition) is 2. The lowest BCUT2D eigenvalue weighted by Gasteiger charge is -2.32. The highest BCUT2D eigenvalue weighted by Crippen LogP contribution is 2.38. The Morgan fingerprint density at radius 3 is 2.63 bits per heavy atom. The molecule has 0 spiro atoms. The minimum Gasteiger partial charge on any atom is -0.369 e.